The average molecular weight is 372 g/mol. The lowest BCUT2D eigenvalue weighted by Gasteiger charge is -2.21. The topological polar surface area (TPSA) is 46.5 Å². The molecule has 0 saturated carbocycles. The highest BCUT2D eigenvalue weighted by Gasteiger charge is 2.31. The maximum atomic E-state index is 13.2. The Hall–Kier alpha value is -2.53. The van der Waals surface area contributed by atoms with Crippen molar-refractivity contribution in [3.63, 3.8) is 0 Å². The van der Waals surface area contributed by atoms with Crippen LogP contribution < -0.4 is 0 Å². The third-order valence-corrected chi connectivity index (χ3v) is 4.66. The molecule has 142 valence electrons. The van der Waals surface area contributed by atoms with Gasteiger partial charge in [-0.1, -0.05) is 60.7 Å². The molecule has 3 rings (SSSR count). The van der Waals surface area contributed by atoms with E-state index in [9.17, 15) is 18.7 Å². The molecule has 5 heteroatoms. The Morgan fingerprint density at radius 1 is 1.07 bits per heavy atom. The summed E-state index contributed by atoms with van der Waals surface area (Å²) in [4.78, 5) is 11.9. The van der Waals surface area contributed by atoms with E-state index in [1.165, 1.54) is 0 Å². The summed E-state index contributed by atoms with van der Waals surface area (Å²) in [7, 11) is 0. The minimum Gasteiger partial charge on any atom is -0.459 e. The normalized spacial score (nSPS) is 17.1. The van der Waals surface area contributed by atoms with Crippen LogP contribution in [0.1, 0.15) is 36.0 Å². The number of allylic oxidation sites excluding steroid dienone is 2. The highest BCUT2D eigenvalue weighted by Crippen LogP contribution is 2.36. The van der Waals surface area contributed by atoms with E-state index in [0.29, 0.717) is 6.42 Å². The maximum Gasteiger partial charge on any atom is 0.335 e. The molecule has 1 aliphatic rings. The number of halogens is 2. The van der Waals surface area contributed by atoms with Crippen molar-refractivity contribution in [3.8, 4) is 0 Å². The highest BCUT2D eigenvalue weighted by atomic mass is 19.3. The van der Waals surface area contributed by atoms with Gasteiger partial charge in [-0.15, -0.1) is 0 Å². The van der Waals surface area contributed by atoms with Crippen molar-refractivity contribution in [2.75, 3.05) is 0 Å². The van der Waals surface area contributed by atoms with Gasteiger partial charge in [-0.25, -0.2) is 13.6 Å². The molecule has 0 fully saturated rings. The lowest BCUT2D eigenvalue weighted by molar-refractivity contribution is -0.154. The molecular formula is C22H22F2O3. The average Bonchev–Trinajstić information content (AvgIpc) is 2.67. The summed E-state index contributed by atoms with van der Waals surface area (Å²) in [6.07, 6.45) is 0.482. The molecule has 2 aromatic carbocycles. The number of aliphatic hydroxyl groups excluding tert-OH is 1. The third kappa shape index (κ3) is 5.47. The van der Waals surface area contributed by atoms with Gasteiger partial charge in [0.15, 0.2) is 6.10 Å². The van der Waals surface area contributed by atoms with E-state index < -0.39 is 18.0 Å². The minimum atomic E-state index is -2.60. The fourth-order valence-electron chi connectivity index (χ4n) is 3.04. The Balaban J connectivity index is 1.53. The summed E-state index contributed by atoms with van der Waals surface area (Å²) in [6.45, 7) is 0.120. The molecule has 0 heterocycles. The van der Waals surface area contributed by atoms with Crippen molar-refractivity contribution in [2.45, 2.75) is 44.3 Å². The number of hydrogen-bond donors (Lipinski definition) is 1. The Morgan fingerprint density at radius 2 is 1.78 bits per heavy atom. The van der Waals surface area contributed by atoms with E-state index >= 15 is 0 Å². The first-order chi connectivity index (χ1) is 12.9. The molecule has 0 radical (unpaired) electrons. The van der Waals surface area contributed by atoms with E-state index in [2.05, 4.69) is 0 Å². The van der Waals surface area contributed by atoms with Gasteiger partial charge >= 0.3 is 5.97 Å². The largest absolute Gasteiger partial charge is 0.459 e. The van der Waals surface area contributed by atoms with Crippen molar-refractivity contribution in [2.24, 2.45) is 0 Å². The van der Waals surface area contributed by atoms with Crippen LogP contribution in [0.3, 0.4) is 0 Å². The monoisotopic (exact) mass is 372 g/mol. The summed E-state index contributed by atoms with van der Waals surface area (Å²) in [5, 5.41) is 10.1. The Bertz CT molecular complexity index is 798. The zero-order valence-electron chi connectivity index (χ0n) is 14.9. The van der Waals surface area contributed by atoms with Gasteiger partial charge in [0.2, 0.25) is 0 Å². The molecule has 3 nitrogen and oxygen atoms in total. The van der Waals surface area contributed by atoms with Crippen molar-refractivity contribution in [1.82, 2.24) is 0 Å². The molecule has 0 bridgehead atoms. The van der Waals surface area contributed by atoms with Crippen LogP contribution in [0.4, 0.5) is 8.78 Å². The molecule has 0 saturated heterocycles. The van der Waals surface area contributed by atoms with Gasteiger partial charge in [0, 0.05) is 19.3 Å². The number of carbonyl (C=O) groups is 1. The predicted molar refractivity (Wildman–Crippen MR) is 99.2 cm³/mol. The number of alkyl halides is 2. The number of benzene rings is 2. The van der Waals surface area contributed by atoms with Gasteiger partial charge in [0.25, 0.3) is 5.92 Å². The Morgan fingerprint density at radius 3 is 2.41 bits per heavy atom. The zero-order chi connectivity index (χ0) is 19.3. The lowest BCUT2D eigenvalue weighted by Crippen LogP contribution is -2.25. The molecule has 0 aliphatic heterocycles. The standard InChI is InChI=1S/C22H22F2O3/c23-22(24)12-10-19(11-13-22)18-8-6-16(7-9-18)14-20(25)21(26)27-15-17-4-2-1-3-5-17/h1-10,20,25H,11-15H2/t20-/m1/s1. The third-order valence-electron chi connectivity index (χ3n) is 4.66. The number of carbonyl (C=O) groups excluding carboxylic acids is 1. The van der Waals surface area contributed by atoms with Crippen LogP contribution in [0.25, 0.3) is 5.57 Å². The van der Waals surface area contributed by atoms with Gasteiger partial charge < -0.3 is 9.84 Å². The van der Waals surface area contributed by atoms with Gasteiger partial charge in [-0.3, -0.25) is 0 Å². The SMILES string of the molecule is O=C(OCc1ccccc1)[C@H](O)Cc1ccc(C2=CCC(F)(F)CC2)cc1. The summed E-state index contributed by atoms with van der Waals surface area (Å²) < 4.78 is 31.6. The molecule has 0 unspecified atom stereocenters. The number of hydrogen-bond acceptors (Lipinski definition) is 3. The van der Waals surface area contributed by atoms with E-state index in [-0.39, 0.29) is 25.9 Å². The van der Waals surface area contributed by atoms with Crippen LogP contribution in [0.15, 0.2) is 60.7 Å². The quantitative estimate of drug-likeness (QED) is 0.758. The van der Waals surface area contributed by atoms with Gasteiger partial charge in [0.1, 0.15) is 6.61 Å². The van der Waals surface area contributed by atoms with E-state index in [0.717, 1.165) is 22.3 Å². The van der Waals surface area contributed by atoms with Gasteiger partial charge in [-0.2, -0.15) is 0 Å². The summed E-state index contributed by atoms with van der Waals surface area (Å²) in [5.41, 5.74) is 3.45. The van der Waals surface area contributed by atoms with Crippen molar-refractivity contribution in [3.05, 3.63) is 77.4 Å². The van der Waals surface area contributed by atoms with Crippen LogP contribution >= 0.6 is 0 Å². The molecule has 2 aromatic rings. The molecule has 1 N–H and O–H groups in total. The molecule has 0 amide bonds. The lowest BCUT2D eigenvalue weighted by atomic mass is 9.91. The first kappa shape index (κ1) is 19.2. The maximum absolute atomic E-state index is 13.2. The molecule has 1 atom stereocenters. The molecular weight excluding hydrogens is 350 g/mol. The molecule has 0 spiro atoms. The fourth-order valence-corrected chi connectivity index (χ4v) is 3.04. The Labute approximate surface area is 157 Å². The predicted octanol–water partition coefficient (Wildman–Crippen LogP) is 4.54. The number of aliphatic hydroxyl groups is 1. The van der Waals surface area contributed by atoms with Crippen molar-refractivity contribution >= 4 is 11.5 Å². The number of rotatable bonds is 6. The van der Waals surface area contributed by atoms with E-state index in [1.54, 1.807) is 18.2 Å². The van der Waals surface area contributed by atoms with Crippen LogP contribution in [-0.4, -0.2) is 23.1 Å². The molecule has 27 heavy (non-hydrogen) atoms. The smallest absolute Gasteiger partial charge is 0.335 e. The van der Waals surface area contributed by atoms with Crippen LogP contribution in [0.5, 0.6) is 0 Å². The molecule has 1 aliphatic carbocycles. The first-order valence-electron chi connectivity index (χ1n) is 8.98. The Kier molecular flexibility index (Phi) is 6.01. The van der Waals surface area contributed by atoms with Crippen LogP contribution in [0.2, 0.25) is 0 Å². The summed E-state index contributed by atoms with van der Waals surface area (Å²) in [6, 6.07) is 16.5. The second kappa shape index (κ2) is 8.44. The van der Waals surface area contributed by atoms with E-state index in [1.807, 2.05) is 42.5 Å². The van der Waals surface area contributed by atoms with Crippen molar-refractivity contribution < 1.29 is 23.4 Å². The second-order valence-electron chi connectivity index (χ2n) is 6.80. The van der Waals surface area contributed by atoms with Gasteiger partial charge in [-0.05, 0) is 28.7 Å². The second-order valence-corrected chi connectivity index (χ2v) is 6.80. The van der Waals surface area contributed by atoms with Gasteiger partial charge in [0.05, 0.1) is 0 Å². The van der Waals surface area contributed by atoms with Crippen LogP contribution in [0, 0.1) is 0 Å². The highest BCUT2D eigenvalue weighted by molar-refractivity contribution is 5.75. The minimum absolute atomic E-state index is 0.120. The summed E-state index contributed by atoms with van der Waals surface area (Å²) >= 11 is 0. The summed E-state index contributed by atoms with van der Waals surface area (Å²) in [5.74, 6) is -3.27. The van der Waals surface area contributed by atoms with E-state index in [4.69, 9.17) is 4.74 Å². The number of esters is 1. The number of ether oxygens (including phenoxy) is 1. The zero-order valence-corrected chi connectivity index (χ0v) is 14.9. The first-order valence-corrected chi connectivity index (χ1v) is 8.98. The van der Waals surface area contributed by atoms with Crippen LogP contribution in [-0.2, 0) is 22.6 Å². The molecule has 0 aromatic heterocycles. The van der Waals surface area contributed by atoms with Crippen molar-refractivity contribution in [1.29, 1.82) is 0 Å². The fraction of sp³-hybridized carbons (Fsp3) is 0.318.